The minimum Gasteiger partial charge on any atom is -0.506 e. The van der Waals surface area contributed by atoms with Crippen LogP contribution in [0.4, 0.5) is 0 Å². The molecule has 0 bridgehead atoms. The molecule has 0 atom stereocenters. The van der Waals surface area contributed by atoms with Gasteiger partial charge in [0.2, 0.25) is 0 Å². The zero-order valence-corrected chi connectivity index (χ0v) is 13.5. The summed E-state index contributed by atoms with van der Waals surface area (Å²) in [6.07, 6.45) is 0. The molecule has 0 aliphatic carbocycles. The van der Waals surface area contributed by atoms with Crippen molar-refractivity contribution in [3.63, 3.8) is 0 Å². The van der Waals surface area contributed by atoms with Gasteiger partial charge in [-0.05, 0) is 17.7 Å². The van der Waals surface area contributed by atoms with Crippen LogP contribution in [-0.4, -0.2) is 15.1 Å². The van der Waals surface area contributed by atoms with Crippen molar-refractivity contribution in [3.05, 3.63) is 50.2 Å². The van der Waals surface area contributed by atoms with Crippen molar-refractivity contribution >= 4 is 56.6 Å². The highest BCUT2D eigenvalue weighted by Crippen LogP contribution is 2.36. The van der Waals surface area contributed by atoms with Crippen LogP contribution in [0.3, 0.4) is 0 Å². The second-order valence-corrected chi connectivity index (χ2v) is 7.20. The van der Waals surface area contributed by atoms with E-state index in [1.54, 1.807) is 18.2 Å². The number of rotatable bonds is 3. The maximum absolute atomic E-state index is 11.3. The normalized spacial score (nSPS) is 11.1. The van der Waals surface area contributed by atoms with Crippen molar-refractivity contribution in [2.24, 2.45) is 0 Å². The molecule has 0 fully saturated rings. The highest BCUT2D eigenvalue weighted by atomic mass is 35.5. The van der Waals surface area contributed by atoms with Crippen LogP contribution < -0.4 is 5.56 Å². The molecule has 0 unspecified atom stereocenters. The molecule has 2 N–H and O–H groups in total. The average Bonchev–Trinajstić information content (AvgIpc) is 2.81. The van der Waals surface area contributed by atoms with Crippen LogP contribution in [0, 0.1) is 0 Å². The van der Waals surface area contributed by atoms with E-state index in [9.17, 15) is 9.90 Å². The SMILES string of the molecule is O=c1cc(O)c2sc(SCc3c(Cl)cccc3Cl)nc2[nH]1. The quantitative estimate of drug-likeness (QED) is 0.685. The fraction of sp³-hybridized carbons (Fsp3) is 0.0769. The van der Waals surface area contributed by atoms with E-state index in [2.05, 4.69) is 9.97 Å². The van der Waals surface area contributed by atoms with Gasteiger partial charge in [-0.3, -0.25) is 4.79 Å². The molecule has 2 aromatic heterocycles. The van der Waals surface area contributed by atoms with Crippen LogP contribution in [0.15, 0.2) is 33.4 Å². The van der Waals surface area contributed by atoms with Gasteiger partial charge in [-0.25, -0.2) is 4.98 Å². The Morgan fingerprint density at radius 2 is 2.05 bits per heavy atom. The molecule has 8 heteroatoms. The number of aromatic amines is 1. The lowest BCUT2D eigenvalue weighted by molar-refractivity contribution is 0.481. The summed E-state index contributed by atoms with van der Waals surface area (Å²) in [5.41, 5.74) is 0.844. The summed E-state index contributed by atoms with van der Waals surface area (Å²) < 4.78 is 1.28. The van der Waals surface area contributed by atoms with E-state index < -0.39 is 0 Å². The molecule has 2 heterocycles. The van der Waals surface area contributed by atoms with Crippen molar-refractivity contribution in [1.82, 2.24) is 9.97 Å². The van der Waals surface area contributed by atoms with Crippen molar-refractivity contribution in [1.29, 1.82) is 0 Å². The Morgan fingerprint density at radius 3 is 2.76 bits per heavy atom. The van der Waals surface area contributed by atoms with Gasteiger partial charge in [-0.2, -0.15) is 0 Å². The highest BCUT2D eigenvalue weighted by Gasteiger charge is 2.12. The van der Waals surface area contributed by atoms with Crippen molar-refractivity contribution < 1.29 is 5.11 Å². The molecule has 1 aromatic carbocycles. The van der Waals surface area contributed by atoms with Gasteiger partial charge in [0.05, 0.1) is 0 Å². The maximum atomic E-state index is 11.3. The summed E-state index contributed by atoms with van der Waals surface area (Å²) >= 11 is 15.0. The van der Waals surface area contributed by atoms with Gasteiger partial charge in [0.15, 0.2) is 9.99 Å². The smallest absolute Gasteiger partial charge is 0.253 e. The molecule has 0 aliphatic rings. The number of thioether (sulfide) groups is 1. The summed E-state index contributed by atoms with van der Waals surface area (Å²) in [7, 11) is 0. The second-order valence-electron chi connectivity index (χ2n) is 4.17. The summed E-state index contributed by atoms with van der Waals surface area (Å²) in [6.45, 7) is 0. The van der Waals surface area contributed by atoms with Crippen LogP contribution in [0.5, 0.6) is 5.75 Å². The van der Waals surface area contributed by atoms with Gasteiger partial charge in [0.25, 0.3) is 5.56 Å². The molecule has 108 valence electrons. The van der Waals surface area contributed by atoms with Crippen molar-refractivity contribution in [3.8, 4) is 5.75 Å². The molecule has 0 saturated heterocycles. The lowest BCUT2D eigenvalue weighted by Crippen LogP contribution is -2.02. The molecular weight excluding hydrogens is 351 g/mol. The first kappa shape index (κ1) is 14.7. The number of nitrogens with zero attached hydrogens (tertiary/aromatic N) is 1. The number of aromatic nitrogens is 2. The molecule has 0 amide bonds. The Bertz CT molecular complexity index is 856. The number of thiazole rings is 1. The largest absolute Gasteiger partial charge is 0.506 e. The number of fused-ring (bicyclic) bond motifs is 1. The monoisotopic (exact) mass is 358 g/mol. The van der Waals surface area contributed by atoms with Gasteiger partial charge in [0.1, 0.15) is 10.4 Å². The van der Waals surface area contributed by atoms with Crippen LogP contribution in [0.1, 0.15) is 5.56 Å². The Labute approximate surface area is 137 Å². The van der Waals surface area contributed by atoms with E-state index in [4.69, 9.17) is 23.2 Å². The minimum atomic E-state index is -0.379. The molecule has 0 radical (unpaired) electrons. The summed E-state index contributed by atoms with van der Waals surface area (Å²) in [6, 6.07) is 6.50. The van der Waals surface area contributed by atoms with E-state index in [-0.39, 0.29) is 11.3 Å². The maximum Gasteiger partial charge on any atom is 0.253 e. The molecule has 4 nitrogen and oxygen atoms in total. The van der Waals surface area contributed by atoms with Crippen LogP contribution in [0.25, 0.3) is 10.3 Å². The zero-order chi connectivity index (χ0) is 15.0. The van der Waals surface area contributed by atoms with E-state index in [0.29, 0.717) is 26.1 Å². The Kier molecular flexibility index (Phi) is 4.12. The topological polar surface area (TPSA) is 66.0 Å². The lowest BCUT2D eigenvalue weighted by Gasteiger charge is -2.04. The third-order valence-electron chi connectivity index (χ3n) is 2.75. The molecule has 0 saturated carbocycles. The average molecular weight is 359 g/mol. The predicted octanol–water partition coefficient (Wildman–Crippen LogP) is 4.29. The Balaban J connectivity index is 1.89. The molecule has 21 heavy (non-hydrogen) atoms. The fourth-order valence-corrected chi connectivity index (χ4v) is 4.52. The van der Waals surface area contributed by atoms with Gasteiger partial charge < -0.3 is 10.1 Å². The first-order chi connectivity index (χ1) is 10.0. The number of hydrogen-bond donors (Lipinski definition) is 2. The molecule has 3 rings (SSSR count). The number of halogens is 2. The third-order valence-corrected chi connectivity index (χ3v) is 5.71. The van der Waals surface area contributed by atoms with Crippen LogP contribution >= 0.6 is 46.3 Å². The van der Waals surface area contributed by atoms with E-state index in [1.807, 2.05) is 0 Å². The van der Waals surface area contributed by atoms with Gasteiger partial charge in [0, 0.05) is 21.9 Å². The summed E-state index contributed by atoms with van der Waals surface area (Å²) in [5, 5.41) is 10.9. The number of benzene rings is 1. The van der Waals surface area contributed by atoms with Crippen molar-refractivity contribution in [2.45, 2.75) is 10.1 Å². The number of pyridine rings is 1. The number of hydrogen-bond acceptors (Lipinski definition) is 5. The van der Waals surface area contributed by atoms with E-state index in [1.165, 1.54) is 23.1 Å². The van der Waals surface area contributed by atoms with Crippen LogP contribution in [-0.2, 0) is 5.75 Å². The van der Waals surface area contributed by atoms with Gasteiger partial charge in [-0.1, -0.05) is 41.0 Å². The summed E-state index contributed by atoms with van der Waals surface area (Å²) in [5.74, 6) is 0.498. The first-order valence-electron chi connectivity index (χ1n) is 5.83. The van der Waals surface area contributed by atoms with Gasteiger partial charge in [-0.15, -0.1) is 11.3 Å². The third kappa shape index (κ3) is 3.03. The zero-order valence-electron chi connectivity index (χ0n) is 10.4. The second kappa shape index (κ2) is 5.88. The van der Waals surface area contributed by atoms with E-state index in [0.717, 1.165) is 16.0 Å². The standard InChI is InChI=1S/C13H8Cl2N2O2S2/c14-7-2-1-3-8(15)6(7)5-20-13-17-12-11(21-13)9(18)4-10(19)16-12/h1-4H,5H2,(H2,16,18,19). The molecule has 0 aliphatic heterocycles. The molecular formula is C13H8Cl2N2O2S2. The predicted molar refractivity (Wildman–Crippen MR) is 87.9 cm³/mol. The van der Waals surface area contributed by atoms with Crippen LogP contribution in [0.2, 0.25) is 10.0 Å². The number of H-pyrrole nitrogens is 1. The van der Waals surface area contributed by atoms with Gasteiger partial charge >= 0.3 is 0 Å². The Morgan fingerprint density at radius 1 is 1.33 bits per heavy atom. The fourth-order valence-electron chi connectivity index (χ4n) is 1.77. The highest BCUT2D eigenvalue weighted by molar-refractivity contribution is 8.00. The molecule has 0 spiro atoms. The Hall–Kier alpha value is -1.21. The number of aromatic hydroxyl groups is 1. The lowest BCUT2D eigenvalue weighted by atomic mass is 10.2. The summed E-state index contributed by atoms with van der Waals surface area (Å²) in [4.78, 5) is 18.2. The van der Waals surface area contributed by atoms with E-state index >= 15 is 0 Å². The number of nitrogens with one attached hydrogen (secondary N) is 1. The van der Waals surface area contributed by atoms with Crippen molar-refractivity contribution in [2.75, 3.05) is 0 Å². The molecule has 3 aromatic rings. The first-order valence-corrected chi connectivity index (χ1v) is 8.39. The minimum absolute atomic E-state index is 0.0612.